The lowest BCUT2D eigenvalue weighted by Gasteiger charge is -2.33. The molecule has 0 radical (unpaired) electrons. The molecular weight excluding hydrogens is 402 g/mol. The standard InChI is InChI=1S/C22H41N3O4S/c1-22(2,3)29-21(28)23-18(14-17-8-6-5-7-9-17)19(26)15-30-16-20(27)25-12-10-24(4)11-13-25/h17-19,26H,5-16H2,1-4H3,(H,23,28)/t18-,19+/m0/s1. The van der Waals surface area contributed by atoms with Crippen molar-refractivity contribution in [2.45, 2.75) is 77.0 Å². The predicted molar refractivity (Wildman–Crippen MR) is 122 cm³/mol. The fourth-order valence-electron chi connectivity index (χ4n) is 4.08. The van der Waals surface area contributed by atoms with Gasteiger partial charge in [0, 0.05) is 31.9 Å². The summed E-state index contributed by atoms with van der Waals surface area (Å²) >= 11 is 1.45. The summed E-state index contributed by atoms with van der Waals surface area (Å²) in [5.74, 6) is 1.44. The lowest BCUT2D eigenvalue weighted by Crippen LogP contribution is -2.48. The number of nitrogens with zero attached hydrogens (tertiary/aromatic N) is 2. The van der Waals surface area contributed by atoms with Crippen LogP contribution < -0.4 is 5.32 Å². The zero-order valence-electron chi connectivity index (χ0n) is 19.2. The number of ether oxygens (including phenoxy) is 1. The van der Waals surface area contributed by atoms with Crippen LogP contribution in [0.5, 0.6) is 0 Å². The number of rotatable bonds is 8. The number of carbonyl (C=O) groups is 2. The highest BCUT2D eigenvalue weighted by Crippen LogP contribution is 2.28. The first-order valence-corrected chi connectivity index (χ1v) is 12.5. The zero-order chi connectivity index (χ0) is 22.1. The molecule has 2 N–H and O–H groups in total. The molecule has 30 heavy (non-hydrogen) atoms. The van der Waals surface area contributed by atoms with Crippen molar-refractivity contribution in [1.82, 2.24) is 15.1 Å². The monoisotopic (exact) mass is 443 g/mol. The summed E-state index contributed by atoms with van der Waals surface area (Å²) in [5, 5.41) is 13.7. The minimum Gasteiger partial charge on any atom is -0.444 e. The van der Waals surface area contributed by atoms with Crippen LogP contribution in [0.2, 0.25) is 0 Å². The first-order chi connectivity index (χ1) is 14.1. The van der Waals surface area contributed by atoms with E-state index in [1.54, 1.807) is 0 Å². The Hall–Kier alpha value is -0.990. The van der Waals surface area contributed by atoms with Crippen LogP contribution in [0.1, 0.15) is 59.3 Å². The molecule has 2 atom stereocenters. The topological polar surface area (TPSA) is 82.1 Å². The van der Waals surface area contributed by atoms with Gasteiger partial charge in [-0.05, 0) is 40.2 Å². The largest absolute Gasteiger partial charge is 0.444 e. The molecule has 1 heterocycles. The number of likely N-dealkylation sites (N-methyl/N-ethyl adjacent to an activating group) is 1. The first kappa shape index (κ1) is 25.3. The molecule has 174 valence electrons. The second-order valence-electron chi connectivity index (χ2n) is 9.76. The van der Waals surface area contributed by atoms with Gasteiger partial charge in [-0.3, -0.25) is 4.79 Å². The number of hydrogen-bond donors (Lipinski definition) is 2. The molecule has 0 aromatic carbocycles. The van der Waals surface area contributed by atoms with Gasteiger partial charge < -0.3 is 25.0 Å². The Labute approximate surface area is 186 Å². The van der Waals surface area contributed by atoms with Crippen molar-refractivity contribution in [3.8, 4) is 0 Å². The van der Waals surface area contributed by atoms with Crippen LogP contribution in [0.25, 0.3) is 0 Å². The molecule has 2 aliphatic rings. The third-order valence-electron chi connectivity index (χ3n) is 5.85. The lowest BCUT2D eigenvalue weighted by atomic mass is 9.84. The van der Waals surface area contributed by atoms with E-state index in [9.17, 15) is 14.7 Å². The van der Waals surface area contributed by atoms with E-state index in [0.717, 1.165) is 45.4 Å². The number of hydrogen-bond acceptors (Lipinski definition) is 6. The molecule has 0 aromatic rings. The summed E-state index contributed by atoms with van der Waals surface area (Å²) in [4.78, 5) is 28.9. The van der Waals surface area contributed by atoms with E-state index < -0.39 is 17.8 Å². The van der Waals surface area contributed by atoms with Crippen molar-refractivity contribution in [2.24, 2.45) is 5.92 Å². The van der Waals surface area contributed by atoms with Gasteiger partial charge in [0.2, 0.25) is 5.91 Å². The van der Waals surface area contributed by atoms with E-state index in [2.05, 4.69) is 17.3 Å². The zero-order valence-corrected chi connectivity index (χ0v) is 20.0. The molecule has 7 nitrogen and oxygen atoms in total. The molecule has 1 aliphatic carbocycles. The van der Waals surface area contributed by atoms with E-state index >= 15 is 0 Å². The number of aliphatic hydroxyl groups excluding tert-OH is 1. The summed E-state index contributed by atoms with van der Waals surface area (Å²) in [6, 6.07) is -0.353. The van der Waals surface area contributed by atoms with Crippen molar-refractivity contribution in [2.75, 3.05) is 44.7 Å². The van der Waals surface area contributed by atoms with Crippen LogP contribution in [0.15, 0.2) is 0 Å². The number of carbonyl (C=O) groups excluding carboxylic acids is 2. The van der Waals surface area contributed by atoms with Crippen molar-refractivity contribution < 1.29 is 19.4 Å². The van der Waals surface area contributed by atoms with Crippen molar-refractivity contribution >= 4 is 23.8 Å². The SMILES string of the molecule is CN1CCN(C(=O)CSC[C@@H](O)[C@H](CC2CCCCC2)NC(=O)OC(C)(C)C)CC1. The molecule has 0 bridgehead atoms. The van der Waals surface area contributed by atoms with Gasteiger partial charge in [-0.15, -0.1) is 11.8 Å². The Bertz CT molecular complexity index is 541. The molecule has 0 spiro atoms. The van der Waals surface area contributed by atoms with E-state index in [1.807, 2.05) is 25.7 Å². The highest BCUT2D eigenvalue weighted by molar-refractivity contribution is 7.99. The molecule has 1 saturated heterocycles. The number of piperazine rings is 1. The van der Waals surface area contributed by atoms with E-state index in [1.165, 1.54) is 31.0 Å². The van der Waals surface area contributed by atoms with Gasteiger partial charge in [0.05, 0.1) is 17.9 Å². The maximum Gasteiger partial charge on any atom is 0.407 e. The molecule has 2 rings (SSSR count). The summed E-state index contributed by atoms with van der Waals surface area (Å²) in [5.41, 5.74) is -0.575. The lowest BCUT2D eigenvalue weighted by molar-refractivity contribution is -0.129. The van der Waals surface area contributed by atoms with Gasteiger partial charge in [0.1, 0.15) is 5.60 Å². The van der Waals surface area contributed by atoms with Gasteiger partial charge in [-0.1, -0.05) is 32.1 Å². The van der Waals surface area contributed by atoms with Crippen LogP contribution in [0, 0.1) is 5.92 Å². The Kier molecular flexibility index (Phi) is 10.2. The number of nitrogens with one attached hydrogen (secondary N) is 1. The highest BCUT2D eigenvalue weighted by Gasteiger charge is 2.28. The molecule has 1 aliphatic heterocycles. The Morgan fingerprint density at radius 1 is 1.13 bits per heavy atom. The molecule has 8 heteroatoms. The normalized spacial score (nSPS) is 21.2. The molecule has 0 unspecified atom stereocenters. The smallest absolute Gasteiger partial charge is 0.407 e. The number of amides is 2. The van der Waals surface area contributed by atoms with Crippen molar-refractivity contribution in [1.29, 1.82) is 0 Å². The summed E-state index contributed by atoms with van der Waals surface area (Å²) in [7, 11) is 2.07. The van der Waals surface area contributed by atoms with E-state index in [4.69, 9.17) is 4.74 Å². The highest BCUT2D eigenvalue weighted by atomic mass is 32.2. The van der Waals surface area contributed by atoms with Gasteiger partial charge in [-0.2, -0.15) is 0 Å². The second-order valence-corrected chi connectivity index (χ2v) is 10.8. The predicted octanol–water partition coefficient (Wildman–Crippen LogP) is 2.72. The first-order valence-electron chi connectivity index (χ1n) is 11.4. The third kappa shape index (κ3) is 9.43. The van der Waals surface area contributed by atoms with Crippen LogP contribution >= 0.6 is 11.8 Å². The molecule has 0 aromatic heterocycles. The average molecular weight is 444 g/mol. The van der Waals surface area contributed by atoms with E-state index in [0.29, 0.717) is 17.4 Å². The Morgan fingerprint density at radius 2 is 1.77 bits per heavy atom. The number of thioether (sulfide) groups is 1. The Balaban J connectivity index is 1.83. The summed E-state index contributed by atoms with van der Waals surface area (Å²) < 4.78 is 5.41. The van der Waals surface area contributed by atoms with Gasteiger partial charge in [-0.25, -0.2) is 4.79 Å². The maximum absolute atomic E-state index is 12.4. The minimum atomic E-state index is -0.704. The quantitative estimate of drug-likeness (QED) is 0.600. The molecule has 2 fully saturated rings. The molecule has 2 amide bonds. The summed E-state index contributed by atoms with van der Waals surface area (Å²) in [6.45, 7) is 8.84. The van der Waals surface area contributed by atoms with Crippen molar-refractivity contribution in [3.63, 3.8) is 0 Å². The third-order valence-corrected chi connectivity index (χ3v) is 6.88. The fraction of sp³-hybridized carbons (Fsp3) is 0.909. The van der Waals surface area contributed by atoms with Crippen molar-refractivity contribution in [3.05, 3.63) is 0 Å². The van der Waals surface area contributed by atoms with Crippen LogP contribution in [0.3, 0.4) is 0 Å². The Morgan fingerprint density at radius 3 is 2.37 bits per heavy atom. The average Bonchev–Trinajstić information content (AvgIpc) is 2.67. The minimum absolute atomic E-state index is 0.129. The fourth-order valence-corrected chi connectivity index (χ4v) is 5.03. The molecular formula is C22H41N3O4S. The molecule has 1 saturated carbocycles. The van der Waals surface area contributed by atoms with Crippen LogP contribution in [-0.2, 0) is 9.53 Å². The van der Waals surface area contributed by atoms with Gasteiger partial charge in [0.15, 0.2) is 0 Å². The van der Waals surface area contributed by atoms with Gasteiger partial charge in [0.25, 0.3) is 0 Å². The summed E-state index contributed by atoms with van der Waals surface area (Å²) in [6.07, 6.45) is 5.57. The van der Waals surface area contributed by atoms with Gasteiger partial charge >= 0.3 is 6.09 Å². The maximum atomic E-state index is 12.4. The van der Waals surface area contributed by atoms with Crippen LogP contribution in [0.4, 0.5) is 4.79 Å². The number of aliphatic hydroxyl groups is 1. The van der Waals surface area contributed by atoms with Crippen LogP contribution in [-0.4, -0.2) is 89.4 Å². The van der Waals surface area contributed by atoms with E-state index in [-0.39, 0.29) is 11.9 Å². The number of alkyl carbamates (subject to hydrolysis) is 1. The second kappa shape index (κ2) is 12.2.